The topological polar surface area (TPSA) is 101 Å². The number of hydrogen-bond donors (Lipinski definition) is 1. The first-order valence-electron chi connectivity index (χ1n) is 7.14. The van der Waals surface area contributed by atoms with Gasteiger partial charge in [-0.15, -0.1) is 0 Å². The molecule has 128 valence electrons. The highest BCUT2D eigenvalue weighted by Crippen LogP contribution is 2.24. The van der Waals surface area contributed by atoms with E-state index in [9.17, 15) is 21.6 Å². The van der Waals surface area contributed by atoms with E-state index in [2.05, 4.69) is 5.32 Å². The van der Waals surface area contributed by atoms with Crippen LogP contribution in [0.1, 0.15) is 12.8 Å². The van der Waals surface area contributed by atoms with Gasteiger partial charge in [-0.2, -0.15) is 0 Å². The molecule has 0 unspecified atom stereocenters. The fourth-order valence-electron chi connectivity index (χ4n) is 2.59. The van der Waals surface area contributed by atoms with Crippen LogP contribution in [0.25, 0.3) is 0 Å². The highest BCUT2D eigenvalue weighted by Gasteiger charge is 2.30. The lowest BCUT2D eigenvalue weighted by atomic mass is 9.99. The summed E-state index contributed by atoms with van der Waals surface area (Å²) >= 11 is 0. The predicted octanol–water partition coefficient (Wildman–Crippen LogP) is 0.700. The average Bonchev–Trinajstić information content (AvgIpc) is 2.46. The van der Waals surface area contributed by atoms with Crippen LogP contribution in [0.15, 0.2) is 29.2 Å². The van der Waals surface area contributed by atoms with Gasteiger partial charge < -0.3 is 5.32 Å². The Morgan fingerprint density at radius 3 is 2.43 bits per heavy atom. The summed E-state index contributed by atoms with van der Waals surface area (Å²) in [5, 5.41) is 2.62. The van der Waals surface area contributed by atoms with E-state index >= 15 is 0 Å². The minimum absolute atomic E-state index is 0.0455. The molecule has 0 bridgehead atoms. The van der Waals surface area contributed by atoms with Gasteiger partial charge in [-0.1, -0.05) is 12.1 Å². The highest BCUT2D eigenvalue weighted by atomic mass is 32.2. The number of carbonyl (C=O) groups excluding carboxylic acids is 1. The Labute approximate surface area is 136 Å². The van der Waals surface area contributed by atoms with E-state index in [0.29, 0.717) is 19.4 Å². The summed E-state index contributed by atoms with van der Waals surface area (Å²) in [7, 11) is -6.80. The standard InChI is InChI=1S/C14H20N2O5S2/c1-22(18,19)13-8-4-3-7-12(13)15-14(17)11-6-5-9-16(10-11)23(2,20)21/h3-4,7-8,11H,5-6,9-10H2,1-2H3,(H,15,17)/t11-/m1/s1. The lowest BCUT2D eigenvalue weighted by molar-refractivity contribution is -0.120. The van der Waals surface area contributed by atoms with Crippen molar-refractivity contribution in [2.24, 2.45) is 5.92 Å². The molecule has 0 aliphatic carbocycles. The second-order valence-electron chi connectivity index (χ2n) is 5.72. The van der Waals surface area contributed by atoms with E-state index in [1.54, 1.807) is 12.1 Å². The molecule has 1 N–H and O–H groups in total. The van der Waals surface area contributed by atoms with Crippen LogP contribution in [0.5, 0.6) is 0 Å². The number of hydrogen-bond acceptors (Lipinski definition) is 5. The highest BCUT2D eigenvalue weighted by molar-refractivity contribution is 7.90. The van der Waals surface area contributed by atoms with E-state index in [0.717, 1.165) is 12.5 Å². The maximum Gasteiger partial charge on any atom is 0.228 e. The van der Waals surface area contributed by atoms with E-state index in [1.807, 2.05) is 0 Å². The van der Waals surface area contributed by atoms with Crippen molar-refractivity contribution in [1.82, 2.24) is 4.31 Å². The first kappa shape index (κ1) is 17.9. The quantitative estimate of drug-likeness (QED) is 0.852. The molecular weight excluding hydrogens is 340 g/mol. The summed E-state index contributed by atoms with van der Waals surface area (Å²) in [5.41, 5.74) is 0.219. The molecule has 0 saturated carbocycles. The van der Waals surface area contributed by atoms with Crippen LogP contribution in [0.3, 0.4) is 0 Å². The predicted molar refractivity (Wildman–Crippen MR) is 87.3 cm³/mol. The van der Waals surface area contributed by atoms with Crippen LogP contribution in [0, 0.1) is 5.92 Å². The lowest BCUT2D eigenvalue weighted by Crippen LogP contribution is -2.43. The van der Waals surface area contributed by atoms with Crippen molar-refractivity contribution < 1.29 is 21.6 Å². The summed E-state index contributed by atoms with van der Waals surface area (Å²) in [4.78, 5) is 12.4. The van der Waals surface area contributed by atoms with Gasteiger partial charge in [0.15, 0.2) is 9.84 Å². The molecule has 1 aliphatic heterocycles. The third-order valence-corrected chi connectivity index (χ3v) is 6.19. The smallest absolute Gasteiger partial charge is 0.228 e. The van der Waals surface area contributed by atoms with Crippen LogP contribution in [-0.2, 0) is 24.7 Å². The van der Waals surface area contributed by atoms with Crippen molar-refractivity contribution >= 4 is 31.5 Å². The van der Waals surface area contributed by atoms with E-state index in [4.69, 9.17) is 0 Å². The minimum Gasteiger partial charge on any atom is -0.325 e. The summed E-state index contributed by atoms with van der Waals surface area (Å²) in [6.45, 7) is 0.522. The minimum atomic E-state index is -3.46. The molecule has 0 aromatic heterocycles. The Balaban J connectivity index is 2.17. The van der Waals surface area contributed by atoms with Crippen LogP contribution < -0.4 is 5.32 Å². The SMILES string of the molecule is CS(=O)(=O)c1ccccc1NC(=O)[C@@H]1CCCN(S(C)(=O)=O)C1. The zero-order valence-electron chi connectivity index (χ0n) is 13.0. The Morgan fingerprint density at radius 2 is 1.83 bits per heavy atom. The molecule has 1 saturated heterocycles. The second kappa shape index (κ2) is 6.58. The molecule has 0 spiro atoms. The first-order chi connectivity index (χ1) is 10.6. The Morgan fingerprint density at radius 1 is 1.17 bits per heavy atom. The van der Waals surface area contributed by atoms with Crippen molar-refractivity contribution in [1.29, 1.82) is 0 Å². The zero-order valence-corrected chi connectivity index (χ0v) is 14.7. The molecule has 1 fully saturated rings. The fraction of sp³-hybridized carbons (Fsp3) is 0.500. The first-order valence-corrected chi connectivity index (χ1v) is 10.9. The molecule has 1 amide bonds. The molecule has 23 heavy (non-hydrogen) atoms. The van der Waals surface area contributed by atoms with Crippen LogP contribution in [0.4, 0.5) is 5.69 Å². The lowest BCUT2D eigenvalue weighted by Gasteiger charge is -2.30. The number of sulfonamides is 1. The van der Waals surface area contributed by atoms with Gasteiger partial charge in [0.25, 0.3) is 0 Å². The van der Waals surface area contributed by atoms with Gasteiger partial charge in [0.05, 0.1) is 22.8 Å². The van der Waals surface area contributed by atoms with E-state index in [-0.39, 0.29) is 23.0 Å². The van der Waals surface area contributed by atoms with E-state index < -0.39 is 25.8 Å². The number of nitrogens with one attached hydrogen (secondary N) is 1. The maximum atomic E-state index is 12.4. The van der Waals surface area contributed by atoms with Crippen LogP contribution >= 0.6 is 0 Å². The van der Waals surface area contributed by atoms with Gasteiger partial charge >= 0.3 is 0 Å². The maximum absolute atomic E-state index is 12.4. The molecule has 2 rings (SSSR count). The number of amides is 1. The van der Waals surface area contributed by atoms with Gasteiger partial charge in [-0.3, -0.25) is 4.79 Å². The fourth-order valence-corrected chi connectivity index (χ4v) is 4.34. The van der Waals surface area contributed by atoms with Gasteiger partial charge in [0.2, 0.25) is 15.9 Å². The van der Waals surface area contributed by atoms with Crippen molar-refractivity contribution in [2.45, 2.75) is 17.7 Å². The number of nitrogens with zero attached hydrogens (tertiary/aromatic N) is 1. The number of anilines is 1. The Kier molecular flexibility index (Phi) is 5.12. The number of sulfone groups is 1. The van der Waals surface area contributed by atoms with Crippen LogP contribution in [0.2, 0.25) is 0 Å². The van der Waals surface area contributed by atoms with Gasteiger partial charge in [0, 0.05) is 19.3 Å². The summed E-state index contributed by atoms with van der Waals surface area (Å²) in [6, 6.07) is 6.16. The number of para-hydroxylation sites is 1. The largest absolute Gasteiger partial charge is 0.325 e. The summed E-state index contributed by atoms with van der Waals surface area (Å²) < 4.78 is 48.0. The number of carbonyl (C=O) groups is 1. The van der Waals surface area contributed by atoms with Crippen molar-refractivity contribution in [3.8, 4) is 0 Å². The normalized spacial score (nSPS) is 20.2. The van der Waals surface area contributed by atoms with Gasteiger partial charge in [0.1, 0.15) is 0 Å². The molecule has 0 radical (unpaired) electrons. The van der Waals surface area contributed by atoms with E-state index in [1.165, 1.54) is 16.4 Å². The molecule has 1 aliphatic rings. The molecule has 9 heteroatoms. The van der Waals surface area contributed by atoms with Crippen molar-refractivity contribution in [2.75, 3.05) is 30.9 Å². The molecular formula is C14H20N2O5S2. The number of benzene rings is 1. The third-order valence-electron chi connectivity index (χ3n) is 3.77. The Hall–Kier alpha value is -1.45. The zero-order chi connectivity index (χ0) is 17.3. The molecule has 1 aromatic rings. The van der Waals surface area contributed by atoms with Gasteiger partial charge in [-0.05, 0) is 25.0 Å². The Bertz CT molecular complexity index is 802. The summed E-state index contributed by atoms with van der Waals surface area (Å²) in [6.07, 6.45) is 3.36. The molecule has 1 atom stereocenters. The number of rotatable bonds is 4. The third kappa shape index (κ3) is 4.52. The molecule has 1 aromatic carbocycles. The molecule has 7 nitrogen and oxygen atoms in total. The van der Waals surface area contributed by atoms with Gasteiger partial charge in [-0.25, -0.2) is 21.1 Å². The monoisotopic (exact) mass is 360 g/mol. The number of piperidine rings is 1. The average molecular weight is 360 g/mol. The van der Waals surface area contributed by atoms with Crippen LogP contribution in [-0.4, -0.2) is 52.6 Å². The van der Waals surface area contributed by atoms with Crippen molar-refractivity contribution in [3.05, 3.63) is 24.3 Å². The van der Waals surface area contributed by atoms with Crippen molar-refractivity contribution in [3.63, 3.8) is 0 Å². The molecule has 1 heterocycles. The summed E-state index contributed by atoms with van der Waals surface area (Å²) in [5.74, 6) is -0.861. The second-order valence-corrected chi connectivity index (χ2v) is 9.68.